The monoisotopic (exact) mass is 590 g/mol. The molecule has 3 aromatic heterocycles. The summed E-state index contributed by atoms with van der Waals surface area (Å²) in [6, 6.07) is 57.8. The summed E-state index contributed by atoms with van der Waals surface area (Å²) in [6.45, 7) is 0. The van der Waals surface area contributed by atoms with Gasteiger partial charge in [0.1, 0.15) is 0 Å². The first-order valence-electron chi connectivity index (χ1n) is 15.4. The van der Waals surface area contributed by atoms with Crippen molar-refractivity contribution in [2.75, 3.05) is 0 Å². The number of fused-ring (bicyclic) bond motifs is 10. The Morgan fingerprint density at radius 2 is 0.956 bits per heavy atom. The molecule has 0 bridgehead atoms. The zero-order valence-corrected chi connectivity index (χ0v) is 25.1. The van der Waals surface area contributed by atoms with Gasteiger partial charge in [-0.1, -0.05) is 97.1 Å². The first kappa shape index (κ1) is 24.8. The van der Waals surface area contributed by atoms with Crippen molar-refractivity contribution in [1.29, 1.82) is 0 Å². The van der Waals surface area contributed by atoms with Crippen LogP contribution in [0.2, 0.25) is 0 Å². The molecule has 3 heteroatoms. The van der Waals surface area contributed by atoms with Crippen LogP contribution in [0.25, 0.3) is 86.1 Å². The van der Waals surface area contributed by atoms with Gasteiger partial charge >= 0.3 is 0 Å². The molecule has 7 aromatic carbocycles. The van der Waals surface area contributed by atoms with Crippen LogP contribution in [0.5, 0.6) is 0 Å². The second-order valence-electron chi connectivity index (χ2n) is 11.8. The molecule has 2 nitrogen and oxygen atoms in total. The lowest BCUT2D eigenvalue weighted by molar-refractivity contribution is 1.16. The molecule has 0 aliphatic carbocycles. The second kappa shape index (κ2) is 9.43. The lowest BCUT2D eigenvalue weighted by atomic mass is 10.0. The van der Waals surface area contributed by atoms with Crippen LogP contribution in [0, 0.1) is 0 Å². The van der Waals surface area contributed by atoms with E-state index in [1.54, 1.807) is 0 Å². The van der Waals surface area contributed by atoms with Gasteiger partial charge in [0.2, 0.25) is 0 Å². The second-order valence-corrected chi connectivity index (χ2v) is 12.8. The number of rotatable bonds is 2. The predicted molar refractivity (Wildman–Crippen MR) is 194 cm³/mol. The van der Waals surface area contributed by atoms with E-state index < -0.39 is 0 Å². The number of hydrogen-bond acceptors (Lipinski definition) is 1. The number of para-hydroxylation sites is 5. The Balaban J connectivity index is 1.36. The fourth-order valence-corrected chi connectivity index (χ4v) is 8.43. The Morgan fingerprint density at radius 1 is 0.356 bits per heavy atom. The molecular formula is C42H26N2S. The quantitative estimate of drug-likeness (QED) is 0.189. The van der Waals surface area contributed by atoms with Gasteiger partial charge in [0.15, 0.2) is 0 Å². The number of hydrogen-bond donors (Lipinski definition) is 0. The maximum Gasteiger partial charge on any atom is 0.0703 e. The van der Waals surface area contributed by atoms with Crippen LogP contribution in [-0.4, -0.2) is 8.97 Å². The minimum absolute atomic E-state index is 1.14. The Hall–Kier alpha value is -5.64. The van der Waals surface area contributed by atoms with Crippen LogP contribution in [0.1, 0.15) is 0 Å². The summed E-state index contributed by atoms with van der Waals surface area (Å²) < 4.78 is 7.57. The van der Waals surface area contributed by atoms with Gasteiger partial charge in [-0.25, -0.2) is 0 Å². The molecule has 0 N–H and O–H groups in total. The van der Waals surface area contributed by atoms with Crippen LogP contribution in [0.15, 0.2) is 158 Å². The van der Waals surface area contributed by atoms with Gasteiger partial charge in [0.25, 0.3) is 0 Å². The van der Waals surface area contributed by atoms with Crippen molar-refractivity contribution in [2.45, 2.75) is 0 Å². The molecule has 0 aliphatic heterocycles. The Morgan fingerprint density at radius 3 is 1.80 bits per heavy atom. The topological polar surface area (TPSA) is 9.34 Å². The highest BCUT2D eigenvalue weighted by Gasteiger charge is 2.17. The van der Waals surface area contributed by atoms with E-state index in [9.17, 15) is 0 Å². The normalized spacial score (nSPS) is 12.0. The van der Waals surface area contributed by atoms with Crippen molar-refractivity contribution in [3.8, 4) is 16.8 Å². The minimum Gasteiger partial charge on any atom is -0.308 e. The van der Waals surface area contributed by atoms with E-state index in [0.717, 1.165) is 11.2 Å². The molecule has 10 aromatic rings. The van der Waals surface area contributed by atoms with Gasteiger partial charge in [-0.05, 0) is 71.8 Å². The molecule has 0 amide bonds. The summed E-state index contributed by atoms with van der Waals surface area (Å²) in [4.78, 5) is 0. The van der Waals surface area contributed by atoms with Gasteiger partial charge in [-0.3, -0.25) is 0 Å². The van der Waals surface area contributed by atoms with Crippen molar-refractivity contribution < 1.29 is 0 Å². The summed E-state index contributed by atoms with van der Waals surface area (Å²) in [5.41, 5.74) is 9.58. The maximum atomic E-state index is 2.49. The van der Waals surface area contributed by atoms with E-state index >= 15 is 0 Å². The lowest BCUT2D eigenvalue weighted by Gasteiger charge is -2.16. The van der Waals surface area contributed by atoms with E-state index in [1.807, 2.05) is 11.3 Å². The third kappa shape index (κ3) is 3.56. The van der Waals surface area contributed by atoms with E-state index in [0.29, 0.717) is 0 Å². The zero-order valence-electron chi connectivity index (χ0n) is 24.3. The van der Waals surface area contributed by atoms with Crippen LogP contribution in [0.4, 0.5) is 0 Å². The van der Waals surface area contributed by atoms with Crippen molar-refractivity contribution in [2.24, 2.45) is 0 Å². The molecule has 3 heterocycles. The van der Waals surface area contributed by atoms with Gasteiger partial charge in [-0.15, -0.1) is 11.3 Å². The third-order valence-electron chi connectivity index (χ3n) is 9.31. The van der Waals surface area contributed by atoms with Gasteiger partial charge in [-0.2, -0.15) is 0 Å². The standard InChI is InChI=1S/C42H26N2S/c1-2-11-29(12-3-1)43-36-17-6-4-13-30(36)32-15-10-16-33-34-25-27(21-23-37(34)44(42(32)33)39-19-8-7-18-38(39)43)28-22-24-41-35(26-28)31-14-5-9-20-40(31)45-41/h1-26H. The summed E-state index contributed by atoms with van der Waals surface area (Å²) in [5.74, 6) is 0. The molecule has 0 saturated carbocycles. The van der Waals surface area contributed by atoms with E-state index in [-0.39, 0.29) is 0 Å². The molecule has 10 rings (SSSR count). The molecule has 0 saturated heterocycles. The van der Waals surface area contributed by atoms with Crippen LogP contribution < -0.4 is 0 Å². The summed E-state index contributed by atoms with van der Waals surface area (Å²) in [5, 5.41) is 7.65. The third-order valence-corrected chi connectivity index (χ3v) is 10.5. The molecule has 210 valence electrons. The van der Waals surface area contributed by atoms with Crippen molar-refractivity contribution in [3.63, 3.8) is 0 Å². The molecular weight excluding hydrogens is 565 g/mol. The van der Waals surface area contributed by atoms with E-state index in [4.69, 9.17) is 0 Å². The summed E-state index contributed by atoms with van der Waals surface area (Å²) >= 11 is 1.87. The maximum absolute atomic E-state index is 2.49. The Kier molecular flexibility index (Phi) is 5.19. The first-order chi connectivity index (χ1) is 22.3. The lowest BCUT2D eigenvalue weighted by Crippen LogP contribution is -2.00. The average Bonchev–Trinajstić information content (AvgIpc) is 3.64. The molecule has 0 aliphatic rings. The fraction of sp³-hybridized carbons (Fsp3) is 0. The SMILES string of the molecule is c1ccc(-n2c3ccccc3c3cccc4c5cc(-c6ccc7sc8ccccc8c7c6)ccc5n(c5ccccc52)c34)cc1. The van der Waals surface area contributed by atoms with Crippen LogP contribution in [0.3, 0.4) is 0 Å². The first-order valence-corrected chi connectivity index (χ1v) is 16.2. The minimum atomic E-state index is 1.14. The predicted octanol–water partition coefficient (Wildman–Crippen LogP) is 11.9. The molecule has 0 atom stereocenters. The average molecular weight is 591 g/mol. The number of aromatic nitrogens is 2. The zero-order chi connectivity index (χ0) is 29.5. The van der Waals surface area contributed by atoms with Crippen LogP contribution in [-0.2, 0) is 0 Å². The van der Waals surface area contributed by atoms with Gasteiger partial charge in [0.05, 0.1) is 27.6 Å². The molecule has 0 radical (unpaired) electrons. The van der Waals surface area contributed by atoms with Crippen molar-refractivity contribution in [1.82, 2.24) is 8.97 Å². The fourth-order valence-electron chi connectivity index (χ4n) is 7.35. The summed E-state index contributed by atoms with van der Waals surface area (Å²) in [6.07, 6.45) is 0. The summed E-state index contributed by atoms with van der Waals surface area (Å²) in [7, 11) is 0. The molecule has 45 heavy (non-hydrogen) atoms. The molecule has 0 unspecified atom stereocenters. The number of benzene rings is 7. The molecule has 0 fully saturated rings. The Bertz CT molecular complexity index is 2810. The highest BCUT2D eigenvalue weighted by molar-refractivity contribution is 7.25. The van der Waals surface area contributed by atoms with Crippen molar-refractivity contribution >= 4 is 80.6 Å². The van der Waals surface area contributed by atoms with E-state index in [1.165, 1.54) is 74.9 Å². The molecule has 0 spiro atoms. The largest absolute Gasteiger partial charge is 0.308 e. The number of nitrogens with zero attached hydrogens (tertiary/aromatic N) is 2. The highest BCUT2D eigenvalue weighted by Crippen LogP contribution is 2.40. The highest BCUT2D eigenvalue weighted by atomic mass is 32.1. The van der Waals surface area contributed by atoms with Gasteiger partial charge in [0, 0.05) is 47.4 Å². The smallest absolute Gasteiger partial charge is 0.0703 e. The van der Waals surface area contributed by atoms with Crippen molar-refractivity contribution in [3.05, 3.63) is 158 Å². The van der Waals surface area contributed by atoms with E-state index in [2.05, 4.69) is 167 Å². The number of thiophene rings is 1. The van der Waals surface area contributed by atoms with Crippen LogP contribution >= 0.6 is 11.3 Å². The Labute approximate surface area is 263 Å². The van der Waals surface area contributed by atoms with Gasteiger partial charge < -0.3 is 8.97 Å².